The van der Waals surface area contributed by atoms with Gasteiger partial charge in [0.15, 0.2) is 0 Å². The van der Waals surface area contributed by atoms with E-state index in [-0.39, 0.29) is 6.10 Å². The van der Waals surface area contributed by atoms with Crippen molar-refractivity contribution in [1.82, 2.24) is 5.32 Å². The molecule has 106 valence electrons. The molecule has 20 heavy (non-hydrogen) atoms. The molecule has 0 bridgehead atoms. The molecule has 2 aromatic carbocycles. The zero-order valence-corrected chi connectivity index (χ0v) is 12.5. The lowest BCUT2D eigenvalue weighted by Crippen LogP contribution is -2.30. The Balaban J connectivity index is 1.80. The summed E-state index contributed by atoms with van der Waals surface area (Å²) in [5.74, 6) is 0.928. The molecule has 0 aromatic heterocycles. The minimum Gasteiger partial charge on any atom is -0.489 e. The highest BCUT2D eigenvalue weighted by Crippen LogP contribution is 2.14. The van der Waals surface area contributed by atoms with Gasteiger partial charge < -0.3 is 10.1 Å². The number of benzene rings is 2. The minimum atomic E-state index is 0.142. The summed E-state index contributed by atoms with van der Waals surface area (Å²) in [5.41, 5.74) is 2.55. The van der Waals surface area contributed by atoms with Crippen molar-refractivity contribution >= 4 is 0 Å². The molecule has 0 aliphatic heterocycles. The van der Waals surface area contributed by atoms with Crippen LogP contribution in [0.4, 0.5) is 0 Å². The normalized spacial score (nSPS) is 13.8. The number of hydrogen-bond donors (Lipinski definition) is 1. The van der Waals surface area contributed by atoms with Gasteiger partial charge in [0, 0.05) is 12.6 Å². The summed E-state index contributed by atoms with van der Waals surface area (Å²) in [6.07, 6.45) is 0.142. The Labute approximate surface area is 121 Å². The monoisotopic (exact) mass is 269 g/mol. The van der Waals surface area contributed by atoms with Crippen LogP contribution in [0.25, 0.3) is 0 Å². The van der Waals surface area contributed by atoms with Gasteiger partial charge in [-0.05, 0) is 38.5 Å². The van der Waals surface area contributed by atoms with Gasteiger partial charge in [-0.15, -0.1) is 0 Å². The molecular weight excluding hydrogens is 246 g/mol. The maximum Gasteiger partial charge on any atom is 0.119 e. The molecule has 1 N–H and O–H groups in total. The molecule has 0 saturated carbocycles. The highest BCUT2D eigenvalue weighted by molar-refractivity contribution is 5.26. The molecule has 2 nitrogen and oxygen atoms in total. The standard InChI is InChI=1S/C18H23NO/c1-14-9-11-18(12-10-14)20-15(2)13-19-16(3)17-7-5-4-6-8-17/h4-12,15-16,19H,13H2,1-3H3/t15-,16+/m0/s1. The molecule has 0 radical (unpaired) electrons. The van der Waals surface area contributed by atoms with Crippen molar-refractivity contribution in [2.24, 2.45) is 0 Å². The van der Waals surface area contributed by atoms with Crippen LogP contribution in [0.1, 0.15) is 31.0 Å². The van der Waals surface area contributed by atoms with Crippen LogP contribution in [0.5, 0.6) is 5.75 Å². The zero-order valence-electron chi connectivity index (χ0n) is 12.5. The second-order valence-electron chi connectivity index (χ2n) is 5.28. The highest BCUT2D eigenvalue weighted by Gasteiger charge is 2.08. The summed E-state index contributed by atoms with van der Waals surface area (Å²) in [6.45, 7) is 7.17. The summed E-state index contributed by atoms with van der Waals surface area (Å²) in [7, 11) is 0. The molecular formula is C18H23NO. The highest BCUT2D eigenvalue weighted by atomic mass is 16.5. The number of aryl methyl sites for hydroxylation is 1. The molecule has 2 heteroatoms. The van der Waals surface area contributed by atoms with Crippen molar-refractivity contribution in [3.63, 3.8) is 0 Å². The van der Waals surface area contributed by atoms with Crippen LogP contribution >= 0.6 is 0 Å². The number of rotatable bonds is 6. The average Bonchev–Trinajstić information content (AvgIpc) is 2.48. The van der Waals surface area contributed by atoms with Crippen LogP contribution in [-0.2, 0) is 0 Å². The third kappa shape index (κ3) is 4.39. The predicted octanol–water partition coefficient (Wildman–Crippen LogP) is 4.11. The van der Waals surface area contributed by atoms with Gasteiger partial charge in [0.25, 0.3) is 0 Å². The van der Waals surface area contributed by atoms with Crippen molar-refractivity contribution in [3.05, 3.63) is 65.7 Å². The smallest absolute Gasteiger partial charge is 0.119 e. The maximum absolute atomic E-state index is 5.89. The van der Waals surface area contributed by atoms with Gasteiger partial charge in [-0.2, -0.15) is 0 Å². The summed E-state index contributed by atoms with van der Waals surface area (Å²) in [6, 6.07) is 19.0. The third-order valence-electron chi connectivity index (χ3n) is 3.37. The number of hydrogen-bond acceptors (Lipinski definition) is 2. The molecule has 0 amide bonds. The Morgan fingerprint density at radius 3 is 2.25 bits per heavy atom. The van der Waals surface area contributed by atoms with Crippen LogP contribution in [0.2, 0.25) is 0 Å². The molecule has 0 aliphatic carbocycles. The van der Waals surface area contributed by atoms with Crippen LogP contribution < -0.4 is 10.1 Å². The van der Waals surface area contributed by atoms with E-state index in [1.165, 1.54) is 11.1 Å². The Morgan fingerprint density at radius 1 is 0.950 bits per heavy atom. The van der Waals surface area contributed by atoms with Gasteiger partial charge in [-0.25, -0.2) is 0 Å². The van der Waals surface area contributed by atoms with Crippen LogP contribution in [0, 0.1) is 6.92 Å². The van der Waals surface area contributed by atoms with Gasteiger partial charge >= 0.3 is 0 Å². The Kier molecular flexibility index (Phi) is 5.19. The van der Waals surface area contributed by atoms with E-state index in [4.69, 9.17) is 4.74 Å². The van der Waals surface area contributed by atoms with Crippen LogP contribution in [-0.4, -0.2) is 12.6 Å². The lowest BCUT2D eigenvalue weighted by molar-refractivity contribution is 0.212. The van der Waals surface area contributed by atoms with E-state index in [9.17, 15) is 0 Å². The van der Waals surface area contributed by atoms with Gasteiger partial charge in [-0.1, -0.05) is 48.0 Å². The summed E-state index contributed by atoms with van der Waals surface area (Å²) < 4.78 is 5.89. The molecule has 2 atom stereocenters. The molecule has 0 heterocycles. The van der Waals surface area contributed by atoms with Gasteiger partial charge in [0.2, 0.25) is 0 Å². The summed E-state index contributed by atoms with van der Waals surface area (Å²) in [5, 5.41) is 3.51. The topological polar surface area (TPSA) is 21.3 Å². The van der Waals surface area contributed by atoms with Crippen molar-refractivity contribution in [2.45, 2.75) is 32.9 Å². The van der Waals surface area contributed by atoms with Gasteiger partial charge in [-0.3, -0.25) is 0 Å². The third-order valence-corrected chi connectivity index (χ3v) is 3.37. The van der Waals surface area contributed by atoms with E-state index in [0.29, 0.717) is 6.04 Å². The molecule has 0 aliphatic rings. The van der Waals surface area contributed by atoms with E-state index in [1.807, 2.05) is 18.2 Å². The fourth-order valence-corrected chi connectivity index (χ4v) is 2.09. The number of ether oxygens (including phenoxy) is 1. The lowest BCUT2D eigenvalue weighted by atomic mass is 10.1. The molecule has 0 fully saturated rings. The van der Waals surface area contributed by atoms with Crippen LogP contribution in [0.15, 0.2) is 54.6 Å². The first kappa shape index (κ1) is 14.6. The van der Waals surface area contributed by atoms with Gasteiger partial charge in [0.05, 0.1) is 0 Å². The van der Waals surface area contributed by atoms with E-state index in [0.717, 1.165) is 12.3 Å². The van der Waals surface area contributed by atoms with Gasteiger partial charge in [0.1, 0.15) is 11.9 Å². The first-order valence-electron chi connectivity index (χ1n) is 7.17. The van der Waals surface area contributed by atoms with E-state index in [1.54, 1.807) is 0 Å². The molecule has 2 rings (SSSR count). The SMILES string of the molecule is Cc1ccc(O[C@@H](C)CN[C@H](C)c2ccccc2)cc1. The Bertz CT molecular complexity index is 507. The van der Waals surface area contributed by atoms with E-state index in [2.05, 4.69) is 62.5 Å². The second kappa shape index (κ2) is 7.11. The first-order valence-corrected chi connectivity index (χ1v) is 7.17. The molecule has 0 unspecified atom stereocenters. The summed E-state index contributed by atoms with van der Waals surface area (Å²) >= 11 is 0. The van der Waals surface area contributed by atoms with E-state index >= 15 is 0 Å². The van der Waals surface area contributed by atoms with E-state index < -0.39 is 0 Å². The molecule has 0 spiro atoms. The molecule has 0 saturated heterocycles. The summed E-state index contributed by atoms with van der Waals surface area (Å²) in [4.78, 5) is 0. The average molecular weight is 269 g/mol. The Morgan fingerprint density at radius 2 is 1.60 bits per heavy atom. The minimum absolute atomic E-state index is 0.142. The second-order valence-corrected chi connectivity index (χ2v) is 5.28. The first-order chi connectivity index (χ1) is 9.65. The maximum atomic E-state index is 5.89. The lowest BCUT2D eigenvalue weighted by Gasteiger charge is -2.19. The fourth-order valence-electron chi connectivity index (χ4n) is 2.09. The molecule has 2 aromatic rings. The van der Waals surface area contributed by atoms with Crippen molar-refractivity contribution in [1.29, 1.82) is 0 Å². The largest absolute Gasteiger partial charge is 0.489 e. The fraction of sp³-hybridized carbons (Fsp3) is 0.333. The van der Waals surface area contributed by atoms with Crippen molar-refractivity contribution in [2.75, 3.05) is 6.54 Å². The predicted molar refractivity (Wildman–Crippen MR) is 84.1 cm³/mol. The van der Waals surface area contributed by atoms with Crippen LogP contribution in [0.3, 0.4) is 0 Å². The number of nitrogens with one attached hydrogen (secondary N) is 1. The zero-order chi connectivity index (χ0) is 14.4. The Hall–Kier alpha value is -1.80. The quantitative estimate of drug-likeness (QED) is 0.852. The van der Waals surface area contributed by atoms with Crippen molar-refractivity contribution in [3.8, 4) is 5.75 Å². The van der Waals surface area contributed by atoms with Crippen molar-refractivity contribution < 1.29 is 4.74 Å².